The molecule has 0 aliphatic carbocycles. The summed E-state index contributed by atoms with van der Waals surface area (Å²) in [4.78, 5) is 2.20. The van der Waals surface area contributed by atoms with E-state index in [1.165, 1.54) is 11.4 Å². The summed E-state index contributed by atoms with van der Waals surface area (Å²) < 4.78 is 5.39. The Bertz CT molecular complexity index is 402. The van der Waals surface area contributed by atoms with Crippen LogP contribution < -0.4 is 10.6 Å². The Morgan fingerprint density at radius 1 is 1.25 bits per heavy atom. The quantitative estimate of drug-likeness (QED) is 0.838. The molecule has 1 saturated heterocycles. The third-order valence-electron chi connectivity index (χ3n) is 3.51. The zero-order valence-electron chi connectivity index (χ0n) is 12.9. The molecule has 2 rings (SSSR count). The summed E-state index contributed by atoms with van der Waals surface area (Å²) in [7, 11) is 4.20. The molecule has 2 N–H and O–H groups in total. The van der Waals surface area contributed by atoms with Crippen molar-refractivity contribution in [1.29, 1.82) is 0 Å². The van der Waals surface area contributed by atoms with Crippen LogP contribution in [-0.4, -0.2) is 50.8 Å². The predicted octanol–water partition coefficient (Wildman–Crippen LogP) is 2.64. The molecule has 0 bridgehead atoms. The molecule has 4 nitrogen and oxygen atoms in total. The maximum atomic E-state index is 5.39. The van der Waals surface area contributed by atoms with Crippen molar-refractivity contribution >= 4 is 11.4 Å². The molecule has 1 heterocycles. The van der Waals surface area contributed by atoms with Gasteiger partial charge in [-0.3, -0.25) is 0 Å². The molecule has 1 aliphatic heterocycles. The van der Waals surface area contributed by atoms with Crippen LogP contribution in [0.1, 0.15) is 19.8 Å². The molecule has 0 radical (unpaired) electrons. The van der Waals surface area contributed by atoms with Gasteiger partial charge in [-0.05, 0) is 52.1 Å². The van der Waals surface area contributed by atoms with Crippen LogP contribution in [-0.2, 0) is 4.74 Å². The zero-order chi connectivity index (χ0) is 14.4. The standard InChI is InChI=1S/C16H27N3O/c1-13(12-19(2)3)17-15-5-4-6-16(11-15)18-14-7-9-20-10-8-14/h4-6,11,13-14,17-18H,7-10,12H2,1-3H3. The minimum Gasteiger partial charge on any atom is -0.382 e. The molecule has 0 saturated carbocycles. The van der Waals surface area contributed by atoms with E-state index < -0.39 is 0 Å². The van der Waals surface area contributed by atoms with Crippen molar-refractivity contribution < 1.29 is 4.74 Å². The molecule has 20 heavy (non-hydrogen) atoms. The topological polar surface area (TPSA) is 36.5 Å². The van der Waals surface area contributed by atoms with Crippen LogP contribution in [0.25, 0.3) is 0 Å². The molecule has 0 aromatic heterocycles. The number of benzene rings is 1. The first kappa shape index (κ1) is 15.1. The van der Waals surface area contributed by atoms with E-state index in [1.54, 1.807) is 0 Å². The highest BCUT2D eigenvalue weighted by Crippen LogP contribution is 2.19. The normalized spacial score (nSPS) is 18.0. The van der Waals surface area contributed by atoms with Gasteiger partial charge >= 0.3 is 0 Å². The second-order valence-corrected chi connectivity index (χ2v) is 5.92. The Labute approximate surface area is 122 Å². The lowest BCUT2D eigenvalue weighted by Crippen LogP contribution is -2.30. The van der Waals surface area contributed by atoms with E-state index in [2.05, 4.69) is 60.8 Å². The molecule has 0 spiro atoms. The number of ether oxygens (including phenoxy) is 1. The Kier molecular flexibility index (Phi) is 5.68. The first-order valence-corrected chi connectivity index (χ1v) is 7.49. The summed E-state index contributed by atoms with van der Waals surface area (Å²) in [5.41, 5.74) is 2.37. The molecular weight excluding hydrogens is 250 g/mol. The van der Waals surface area contributed by atoms with Crippen molar-refractivity contribution in [2.75, 3.05) is 44.5 Å². The predicted molar refractivity (Wildman–Crippen MR) is 85.5 cm³/mol. The zero-order valence-corrected chi connectivity index (χ0v) is 12.9. The van der Waals surface area contributed by atoms with Gasteiger partial charge in [-0.25, -0.2) is 0 Å². The van der Waals surface area contributed by atoms with E-state index in [0.717, 1.165) is 32.6 Å². The Balaban J connectivity index is 1.89. The molecule has 1 unspecified atom stereocenters. The van der Waals surface area contributed by atoms with Gasteiger partial charge in [-0.15, -0.1) is 0 Å². The molecule has 4 heteroatoms. The summed E-state index contributed by atoms with van der Waals surface area (Å²) in [5, 5.41) is 7.15. The molecule has 1 fully saturated rings. The van der Waals surface area contributed by atoms with Crippen molar-refractivity contribution in [2.45, 2.75) is 31.8 Å². The third-order valence-corrected chi connectivity index (χ3v) is 3.51. The fraction of sp³-hybridized carbons (Fsp3) is 0.625. The third kappa shape index (κ3) is 5.02. The lowest BCUT2D eigenvalue weighted by molar-refractivity contribution is 0.0904. The lowest BCUT2D eigenvalue weighted by atomic mass is 10.1. The van der Waals surface area contributed by atoms with E-state index in [-0.39, 0.29) is 0 Å². The van der Waals surface area contributed by atoms with E-state index in [1.807, 2.05) is 0 Å². The second-order valence-electron chi connectivity index (χ2n) is 5.92. The average molecular weight is 277 g/mol. The van der Waals surface area contributed by atoms with Crippen LogP contribution in [0.15, 0.2) is 24.3 Å². The van der Waals surface area contributed by atoms with Crippen LogP contribution in [0, 0.1) is 0 Å². The highest BCUT2D eigenvalue weighted by Gasteiger charge is 2.13. The number of hydrogen-bond acceptors (Lipinski definition) is 4. The van der Waals surface area contributed by atoms with Gasteiger partial charge in [0.2, 0.25) is 0 Å². The largest absolute Gasteiger partial charge is 0.382 e. The first-order valence-electron chi connectivity index (χ1n) is 7.49. The highest BCUT2D eigenvalue weighted by atomic mass is 16.5. The summed E-state index contributed by atoms with van der Waals surface area (Å²) >= 11 is 0. The number of likely N-dealkylation sites (N-methyl/N-ethyl adjacent to an activating group) is 1. The van der Waals surface area contributed by atoms with Gasteiger partial charge in [0.05, 0.1) is 0 Å². The van der Waals surface area contributed by atoms with E-state index in [4.69, 9.17) is 4.74 Å². The average Bonchev–Trinajstić information content (AvgIpc) is 2.39. The van der Waals surface area contributed by atoms with Crippen molar-refractivity contribution in [3.05, 3.63) is 24.3 Å². The Morgan fingerprint density at radius 3 is 2.65 bits per heavy atom. The van der Waals surface area contributed by atoms with Gasteiger partial charge in [-0.2, -0.15) is 0 Å². The van der Waals surface area contributed by atoms with Crippen molar-refractivity contribution in [2.24, 2.45) is 0 Å². The minimum absolute atomic E-state index is 0.434. The van der Waals surface area contributed by atoms with Crippen molar-refractivity contribution in [3.8, 4) is 0 Å². The Hall–Kier alpha value is -1.26. The monoisotopic (exact) mass is 277 g/mol. The maximum Gasteiger partial charge on any atom is 0.0485 e. The van der Waals surface area contributed by atoms with E-state index >= 15 is 0 Å². The van der Waals surface area contributed by atoms with Crippen LogP contribution in [0.5, 0.6) is 0 Å². The van der Waals surface area contributed by atoms with Gasteiger partial charge in [0, 0.05) is 43.2 Å². The molecule has 1 aromatic rings. The SMILES string of the molecule is CC(CN(C)C)Nc1cccc(NC2CCOCC2)c1. The van der Waals surface area contributed by atoms with Gasteiger partial charge in [0.1, 0.15) is 0 Å². The fourth-order valence-corrected chi connectivity index (χ4v) is 2.65. The van der Waals surface area contributed by atoms with E-state index in [9.17, 15) is 0 Å². The molecule has 0 amide bonds. The summed E-state index contributed by atoms with van der Waals surface area (Å²) in [6.45, 7) is 4.97. The number of nitrogens with one attached hydrogen (secondary N) is 2. The Morgan fingerprint density at radius 2 is 1.95 bits per heavy atom. The van der Waals surface area contributed by atoms with Crippen LogP contribution >= 0.6 is 0 Å². The smallest absolute Gasteiger partial charge is 0.0485 e. The number of hydrogen-bond donors (Lipinski definition) is 2. The summed E-state index contributed by atoms with van der Waals surface area (Å²) in [6.07, 6.45) is 2.18. The first-order chi connectivity index (χ1) is 9.63. The number of rotatable bonds is 6. The minimum atomic E-state index is 0.434. The molecule has 1 aliphatic rings. The van der Waals surface area contributed by atoms with Crippen LogP contribution in [0.3, 0.4) is 0 Å². The van der Waals surface area contributed by atoms with Gasteiger partial charge in [-0.1, -0.05) is 6.07 Å². The van der Waals surface area contributed by atoms with Crippen molar-refractivity contribution in [3.63, 3.8) is 0 Å². The summed E-state index contributed by atoms with van der Waals surface area (Å²) in [5.74, 6) is 0. The molecule has 1 atom stereocenters. The van der Waals surface area contributed by atoms with Gasteiger partial charge in [0.25, 0.3) is 0 Å². The van der Waals surface area contributed by atoms with Crippen LogP contribution in [0.2, 0.25) is 0 Å². The van der Waals surface area contributed by atoms with Gasteiger partial charge < -0.3 is 20.3 Å². The van der Waals surface area contributed by atoms with Gasteiger partial charge in [0.15, 0.2) is 0 Å². The second kappa shape index (κ2) is 7.50. The summed E-state index contributed by atoms with van der Waals surface area (Å²) in [6, 6.07) is 9.54. The lowest BCUT2D eigenvalue weighted by Gasteiger charge is -2.25. The van der Waals surface area contributed by atoms with Crippen molar-refractivity contribution in [1.82, 2.24) is 4.90 Å². The fourth-order valence-electron chi connectivity index (χ4n) is 2.65. The number of anilines is 2. The number of nitrogens with zero attached hydrogens (tertiary/aromatic N) is 1. The van der Waals surface area contributed by atoms with E-state index in [0.29, 0.717) is 12.1 Å². The maximum absolute atomic E-state index is 5.39. The highest BCUT2D eigenvalue weighted by molar-refractivity contribution is 5.57. The molecule has 1 aromatic carbocycles. The molecular formula is C16H27N3O. The van der Waals surface area contributed by atoms with Crippen LogP contribution in [0.4, 0.5) is 11.4 Å². The molecule has 112 valence electrons.